The summed E-state index contributed by atoms with van der Waals surface area (Å²) in [6, 6.07) is 22.1. The van der Waals surface area contributed by atoms with E-state index in [1.165, 1.54) is 11.1 Å². The lowest BCUT2D eigenvalue weighted by Gasteiger charge is -2.10. The van der Waals surface area contributed by atoms with Gasteiger partial charge in [0.05, 0.1) is 5.69 Å². The molecule has 3 rings (SSSR count). The van der Waals surface area contributed by atoms with Gasteiger partial charge in [0, 0.05) is 11.9 Å². The Hall–Kier alpha value is -2.81. The monoisotopic (exact) mass is 304 g/mol. The fourth-order valence-electron chi connectivity index (χ4n) is 2.69. The lowest BCUT2D eigenvalue weighted by Crippen LogP contribution is -2.30. The molecule has 0 fully saturated rings. The first-order valence-electron chi connectivity index (χ1n) is 7.80. The largest absolute Gasteiger partial charge is 0.338 e. The summed E-state index contributed by atoms with van der Waals surface area (Å²) in [5.41, 5.74) is 3.30. The third-order valence-corrected chi connectivity index (χ3v) is 3.82. The van der Waals surface area contributed by atoms with Gasteiger partial charge in [-0.05, 0) is 30.4 Å². The number of benzene rings is 3. The maximum absolute atomic E-state index is 12.1. The highest BCUT2D eigenvalue weighted by molar-refractivity contribution is 6.01. The Labute approximate surface area is 136 Å². The van der Waals surface area contributed by atoms with Crippen LogP contribution in [0.2, 0.25) is 0 Å². The Morgan fingerprint density at radius 3 is 2.61 bits per heavy atom. The zero-order valence-electron chi connectivity index (χ0n) is 13.2. The Morgan fingerprint density at radius 2 is 1.74 bits per heavy atom. The van der Waals surface area contributed by atoms with Crippen LogP contribution in [0.25, 0.3) is 10.8 Å². The third-order valence-electron chi connectivity index (χ3n) is 3.82. The van der Waals surface area contributed by atoms with Crippen LogP contribution in [-0.4, -0.2) is 12.6 Å². The zero-order valence-corrected chi connectivity index (χ0v) is 13.2. The first-order valence-corrected chi connectivity index (χ1v) is 7.80. The van der Waals surface area contributed by atoms with Crippen LogP contribution in [0, 0.1) is 6.92 Å². The minimum atomic E-state index is -0.172. The van der Waals surface area contributed by atoms with Gasteiger partial charge < -0.3 is 10.6 Å². The van der Waals surface area contributed by atoms with Crippen molar-refractivity contribution >= 4 is 22.5 Å². The number of hydrogen-bond acceptors (Lipinski definition) is 1. The maximum Gasteiger partial charge on any atom is 0.319 e. The molecule has 3 nitrogen and oxygen atoms in total. The first kappa shape index (κ1) is 15.1. The smallest absolute Gasteiger partial charge is 0.319 e. The topological polar surface area (TPSA) is 41.1 Å². The van der Waals surface area contributed by atoms with Crippen LogP contribution < -0.4 is 10.6 Å². The predicted molar refractivity (Wildman–Crippen MR) is 95.9 cm³/mol. The summed E-state index contributed by atoms with van der Waals surface area (Å²) in [5, 5.41) is 8.01. The second kappa shape index (κ2) is 6.97. The summed E-state index contributed by atoms with van der Waals surface area (Å²) in [4.78, 5) is 12.1. The van der Waals surface area contributed by atoms with Crippen LogP contribution in [0.4, 0.5) is 10.5 Å². The SMILES string of the molecule is Cc1cccc(CCNC(=O)Nc2cccc3ccccc23)c1. The molecule has 3 aromatic rings. The molecule has 0 aliphatic rings. The number of nitrogens with one attached hydrogen (secondary N) is 2. The molecule has 116 valence electrons. The van der Waals surface area contributed by atoms with Gasteiger partial charge >= 0.3 is 6.03 Å². The summed E-state index contributed by atoms with van der Waals surface area (Å²) < 4.78 is 0. The van der Waals surface area contributed by atoms with Gasteiger partial charge in [-0.3, -0.25) is 0 Å². The number of carbonyl (C=O) groups is 1. The Bertz CT molecular complexity index is 821. The van der Waals surface area contributed by atoms with Crippen molar-refractivity contribution in [3.8, 4) is 0 Å². The standard InChI is InChI=1S/C20H20N2O/c1-15-6-4-7-16(14-15)12-13-21-20(23)22-19-11-5-9-17-8-2-3-10-18(17)19/h2-11,14H,12-13H2,1H3,(H2,21,22,23). The van der Waals surface area contributed by atoms with Crippen molar-refractivity contribution in [1.29, 1.82) is 0 Å². The summed E-state index contributed by atoms with van der Waals surface area (Å²) in [6.07, 6.45) is 0.824. The van der Waals surface area contributed by atoms with Crippen LogP contribution >= 0.6 is 0 Å². The molecule has 0 saturated heterocycles. The number of rotatable bonds is 4. The number of carbonyl (C=O) groups excluding carboxylic acids is 1. The average molecular weight is 304 g/mol. The Kier molecular flexibility index (Phi) is 4.57. The van der Waals surface area contributed by atoms with E-state index < -0.39 is 0 Å². The molecule has 0 radical (unpaired) electrons. The van der Waals surface area contributed by atoms with Gasteiger partial charge in [-0.1, -0.05) is 66.2 Å². The second-order valence-corrected chi connectivity index (χ2v) is 5.65. The molecule has 2 amide bonds. The Balaban J connectivity index is 1.59. The lowest BCUT2D eigenvalue weighted by molar-refractivity contribution is 0.252. The van der Waals surface area contributed by atoms with E-state index in [0.29, 0.717) is 6.54 Å². The van der Waals surface area contributed by atoms with Gasteiger partial charge in [-0.2, -0.15) is 0 Å². The van der Waals surface area contributed by atoms with E-state index in [-0.39, 0.29) is 6.03 Å². The molecule has 0 saturated carbocycles. The van der Waals surface area contributed by atoms with Gasteiger partial charge in [-0.15, -0.1) is 0 Å². The van der Waals surface area contributed by atoms with Crippen molar-refractivity contribution in [3.63, 3.8) is 0 Å². The molecule has 0 bridgehead atoms. The van der Waals surface area contributed by atoms with Crippen molar-refractivity contribution in [2.24, 2.45) is 0 Å². The minimum absolute atomic E-state index is 0.172. The van der Waals surface area contributed by atoms with Crippen molar-refractivity contribution in [1.82, 2.24) is 5.32 Å². The highest BCUT2D eigenvalue weighted by atomic mass is 16.2. The van der Waals surface area contributed by atoms with Gasteiger partial charge in [-0.25, -0.2) is 4.79 Å². The fraction of sp³-hybridized carbons (Fsp3) is 0.150. The van der Waals surface area contributed by atoms with Crippen molar-refractivity contribution in [3.05, 3.63) is 77.9 Å². The predicted octanol–water partition coefficient (Wildman–Crippen LogP) is 4.51. The number of hydrogen-bond donors (Lipinski definition) is 2. The van der Waals surface area contributed by atoms with Crippen molar-refractivity contribution in [2.45, 2.75) is 13.3 Å². The molecule has 3 aromatic carbocycles. The van der Waals surface area contributed by atoms with Gasteiger partial charge in [0.1, 0.15) is 0 Å². The molecule has 0 atom stereocenters. The molecular weight excluding hydrogens is 284 g/mol. The van der Waals surface area contributed by atoms with Gasteiger partial charge in [0.25, 0.3) is 0 Å². The van der Waals surface area contributed by atoms with E-state index >= 15 is 0 Å². The molecule has 0 aliphatic carbocycles. The number of urea groups is 1. The summed E-state index contributed by atoms with van der Waals surface area (Å²) in [7, 11) is 0. The second-order valence-electron chi connectivity index (χ2n) is 5.65. The molecule has 0 unspecified atom stereocenters. The molecule has 0 aliphatic heterocycles. The Morgan fingerprint density at radius 1 is 0.957 bits per heavy atom. The van der Waals surface area contributed by atoms with Gasteiger partial charge in [0.2, 0.25) is 0 Å². The summed E-state index contributed by atoms with van der Waals surface area (Å²) in [6.45, 7) is 2.68. The summed E-state index contributed by atoms with van der Waals surface area (Å²) in [5.74, 6) is 0. The van der Waals surface area contributed by atoms with Crippen LogP contribution in [0.3, 0.4) is 0 Å². The average Bonchev–Trinajstić information content (AvgIpc) is 2.55. The molecular formula is C20H20N2O. The van der Waals surface area contributed by atoms with E-state index in [9.17, 15) is 4.79 Å². The van der Waals surface area contributed by atoms with E-state index in [4.69, 9.17) is 0 Å². The highest BCUT2D eigenvalue weighted by Crippen LogP contribution is 2.22. The minimum Gasteiger partial charge on any atom is -0.338 e. The van der Waals surface area contributed by atoms with Crippen LogP contribution in [-0.2, 0) is 6.42 Å². The number of amides is 2. The summed E-state index contributed by atoms with van der Waals surface area (Å²) >= 11 is 0. The normalized spacial score (nSPS) is 10.5. The molecule has 23 heavy (non-hydrogen) atoms. The highest BCUT2D eigenvalue weighted by Gasteiger charge is 2.04. The van der Waals surface area contributed by atoms with Gasteiger partial charge in [0.15, 0.2) is 0 Å². The van der Waals surface area contributed by atoms with Crippen LogP contribution in [0.15, 0.2) is 66.7 Å². The molecule has 0 spiro atoms. The molecule has 2 N–H and O–H groups in total. The number of fused-ring (bicyclic) bond motifs is 1. The lowest BCUT2D eigenvalue weighted by atomic mass is 10.1. The molecule has 0 heterocycles. The zero-order chi connectivity index (χ0) is 16.1. The molecule has 0 aromatic heterocycles. The number of anilines is 1. The fourth-order valence-corrected chi connectivity index (χ4v) is 2.69. The quantitative estimate of drug-likeness (QED) is 0.731. The molecule has 3 heteroatoms. The maximum atomic E-state index is 12.1. The van der Waals surface area contributed by atoms with E-state index in [1.807, 2.05) is 48.5 Å². The van der Waals surface area contributed by atoms with E-state index in [1.54, 1.807) is 0 Å². The number of aryl methyl sites for hydroxylation is 1. The van der Waals surface area contributed by atoms with Crippen molar-refractivity contribution < 1.29 is 4.79 Å². The first-order chi connectivity index (χ1) is 11.2. The van der Waals surface area contributed by atoms with Crippen LogP contribution in [0.1, 0.15) is 11.1 Å². The van der Waals surface area contributed by atoms with E-state index in [2.05, 4.69) is 35.8 Å². The van der Waals surface area contributed by atoms with Crippen LogP contribution in [0.5, 0.6) is 0 Å². The van der Waals surface area contributed by atoms with Crippen molar-refractivity contribution in [2.75, 3.05) is 11.9 Å². The van der Waals surface area contributed by atoms with E-state index in [0.717, 1.165) is 22.9 Å². The third kappa shape index (κ3) is 3.89.